The summed E-state index contributed by atoms with van der Waals surface area (Å²) in [5, 5.41) is 1.81. The molecule has 2 amide bonds. The second-order valence-corrected chi connectivity index (χ2v) is 6.84. The van der Waals surface area contributed by atoms with Crippen LogP contribution in [0.2, 0.25) is 0 Å². The largest absolute Gasteiger partial charge is 0.481 e. The maximum atomic E-state index is 12.1. The Kier molecular flexibility index (Phi) is 6.91. The van der Waals surface area contributed by atoms with Crippen molar-refractivity contribution in [2.24, 2.45) is 0 Å². The van der Waals surface area contributed by atoms with Gasteiger partial charge in [0.1, 0.15) is 5.75 Å². The first kappa shape index (κ1) is 19.7. The lowest BCUT2D eigenvalue weighted by atomic mass is 10.1. The SMILES string of the molecule is Cc1cccc(O[C@@H](C)C(=O)NNC(=O)CCC(=O)c2cccs2)c1C. The van der Waals surface area contributed by atoms with E-state index >= 15 is 0 Å². The molecule has 0 aliphatic carbocycles. The van der Waals surface area contributed by atoms with Crippen molar-refractivity contribution in [3.63, 3.8) is 0 Å². The zero-order valence-corrected chi connectivity index (χ0v) is 15.8. The fraction of sp³-hybridized carbons (Fsp3) is 0.316. The van der Waals surface area contributed by atoms with Crippen LogP contribution in [0.5, 0.6) is 5.75 Å². The predicted octanol–water partition coefficient (Wildman–Crippen LogP) is 2.94. The van der Waals surface area contributed by atoms with Gasteiger partial charge in [-0.1, -0.05) is 18.2 Å². The molecule has 1 aromatic heterocycles. The van der Waals surface area contributed by atoms with Crippen LogP contribution in [0.25, 0.3) is 0 Å². The van der Waals surface area contributed by atoms with E-state index in [4.69, 9.17) is 4.74 Å². The smallest absolute Gasteiger partial charge is 0.279 e. The fourth-order valence-electron chi connectivity index (χ4n) is 2.18. The number of carbonyl (C=O) groups excluding carboxylic acids is 3. The van der Waals surface area contributed by atoms with Crippen LogP contribution < -0.4 is 15.6 Å². The van der Waals surface area contributed by atoms with Crippen LogP contribution >= 0.6 is 11.3 Å². The standard InChI is InChI=1S/C19H22N2O4S/c1-12-6-4-7-16(13(12)2)25-14(3)19(24)21-20-18(23)10-9-15(22)17-8-5-11-26-17/h4-8,11,14H,9-10H2,1-3H3,(H,20,23)(H,21,24)/t14-/m0/s1. The summed E-state index contributed by atoms with van der Waals surface area (Å²) in [6, 6.07) is 9.12. The molecular weight excluding hydrogens is 352 g/mol. The van der Waals surface area contributed by atoms with Gasteiger partial charge in [-0.3, -0.25) is 25.2 Å². The van der Waals surface area contributed by atoms with Crippen LogP contribution in [0.15, 0.2) is 35.7 Å². The first-order valence-electron chi connectivity index (χ1n) is 8.26. The van der Waals surface area contributed by atoms with Gasteiger partial charge in [-0.15, -0.1) is 11.3 Å². The minimum Gasteiger partial charge on any atom is -0.481 e. The lowest BCUT2D eigenvalue weighted by molar-refractivity contribution is -0.132. The molecule has 0 aliphatic rings. The van der Waals surface area contributed by atoms with Crippen molar-refractivity contribution in [3.05, 3.63) is 51.7 Å². The number of hydrogen-bond acceptors (Lipinski definition) is 5. The second kappa shape index (κ2) is 9.15. The maximum Gasteiger partial charge on any atom is 0.279 e. The molecule has 2 aromatic rings. The van der Waals surface area contributed by atoms with E-state index in [1.54, 1.807) is 25.1 Å². The molecule has 26 heavy (non-hydrogen) atoms. The Morgan fingerprint density at radius 1 is 1.08 bits per heavy atom. The van der Waals surface area contributed by atoms with Gasteiger partial charge in [-0.2, -0.15) is 0 Å². The third-order valence-electron chi connectivity index (χ3n) is 3.93. The topological polar surface area (TPSA) is 84.5 Å². The molecule has 0 aliphatic heterocycles. The molecular formula is C19H22N2O4S. The molecule has 0 bridgehead atoms. The number of ketones is 1. The Labute approximate surface area is 156 Å². The minimum atomic E-state index is -0.774. The summed E-state index contributed by atoms with van der Waals surface area (Å²) in [6.45, 7) is 5.48. The van der Waals surface area contributed by atoms with E-state index in [2.05, 4.69) is 10.9 Å². The zero-order valence-electron chi connectivity index (χ0n) is 15.0. The Bertz CT molecular complexity index is 787. The second-order valence-electron chi connectivity index (χ2n) is 5.90. The third kappa shape index (κ3) is 5.42. The highest BCUT2D eigenvalue weighted by Gasteiger charge is 2.17. The van der Waals surface area contributed by atoms with Crippen LogP contribution in [0.1, 0.15) is 40.6 Å². The van der Waals surface area contributed by atoms with E-state index in [0.717, 1.165) is 11.1 Å². The Morgan fingerprint density at radius 2 is 1.85 bits per heavy atom. The lowest BCUT2D eigenvalue weighted by Gasteiger charge is -2.17. The van der Waals surface area contributed by atoms with Crippen molar-refractivity contribution in [1.29, 1.82) is 0 Å². The quantitative estimate of drug-likeness (QED) is 0.576. The number of hydrogen-bond donors (Lipinski definition) is 2. The van der Waals surface area contributed by atoms with Crippen LogP contribution in [0.3, 0.4) is 0 Å². The third-order valence-corrected chi connectivity index (χ3v) is 4.84. The molecule has 0 saturated heterocycles. The van der Waals surface area contributed by atoms with Gasteiger partial charge in [-0.05, 0) is 49.4 Å². The Hall–Kier alpha value is -2.67. The Morgan fingerprint density at radius 3 is 2.54 bits per heavy atom. The summed E-state index contributed by atoms with van der Waals surface area (Å²) in [7, 11) is 0. The number of thiophene rings is 1. The number of aryl methyl sites for hydroxylation is 1. The number of carbonyl (C=O) groups is 3. The highest BCUT2D eigenvalue weighted by molar-refractivity contribution is 7.12. The molecule has 2 rings (SSSR count). The van der Waals surface area contributed by atoms with E-state index < -0.39 is 17.9 Å². The van der Waals surface area contributed by atoms with Gasteiger partial charge in [0.05, 0.1) is 4.88 Å². The summed E-state index contributed by atoms with van der Waals surface area (Å²) in [5.41, 5.74) is 6.66. The highest BCUT2D eigenvalue weighted by Crippen LogP contribution is 2.21. The van der Waals surface area contributed by atoms with E-state index in [0.29, 0.717) is 10.6 Å². The number of rotatable bonds is 7. The first-order chi connectivity index (χ1) is 12.4. The molecule has 0 radical (unpaired) electrons. The predicted molar refractivity (Wildman–Crippen MR) is 100 cm³/mol. The molecule has 1 atom stereocenters. The first-order valence-corrected chi connectivity index (χ1v) is 9.14. The van der Waals surface area contributed by atoms with Crippen molar-refractivity contribution in [2.45, 2.75) is 39.7 Å². The molecule has 0 fully saturated rings. The molecule has 0 saturated carbocycles. The summed E-state index contributed by atoms with van der Waals surface area (Å²) < 4.78 is 5.65. The maximum absolute atomic E-state index is 12.1. The zero-order chi connectivity index (χ0) is 19.1. The van der Waals surface area contributed by atoms with Crippen LogP contribution in [-0.4, -0.2) is 23.7 Å². The summed E-state index contributed by atoms with van der Waals surface area (Å²) >= 11 is 1.34. The molecule has 7 heteroatoms. The van der Waals surface area contributed by atoms with Crippen molar-refractivity contribution in [2.75, 3.05) is 0 Å². The molecule has 0 spiro atoms. The minimum absolute atomic E-state index is 0.00321. The van der Waals surface area contributed by atoms with Gasteiger partial charge in [0.15, 0.2) is 11.9 Å². The molecule has 1 aromatic carbocycles. The molecule has 6 nitrogen and oxygen atoms in total. The number of ether oxygens (including phenoxy) is 1. The summed E-state index contributed by atoms with van der Waals surface area (Å²) in [5.74, 6) is -0.361. The van der Waals surface area contributed by atoms with Gasteiger partial charge in [-0.25, -0.2) is 0 Å². The molecule has 2 N–H and O–H groups in total. The molecule has 138 valence electrons. The average Bonchev–Trinajstić information content (AvgIpc) is 3.16. The van der Waals surface area contributed by atoms with Gasteiger partial charge >= 0.3 is 0 Å². The van der Waals surface area contributed by atoms with E-state index in [1.165, 1.54) is 11.3 Å². The van der Waals surface area contributed by atoms with Crippen molar-refractivity contribution < 1.29 is 19.1 Å². The van der Waals surface area contributed by atoms with Crippen LogP contribution in [0, 0.1) is 13.8 Å². The van der Waals surface area contributed by atoms with Gasteiger partial charge in [0.2, 0.25) is 5.91 Å². The van der Waals surface area contributed by atoms with Gasteiger partial charge in [0.25, 0.3) is 5.91 Å². The summed E-state index contributed by atoms with van der Waals surface area (Å²) in [4.78, 5) is 36.3. The monoisotopic (exact) mass is 374 g/mol. The molecule has 1 heterocycles. The van der Waals surface area contributed by atoms with Gasteiger partial charge in [0, 0.05) is 12.8 Å². The van der Waals surface area contributed by atoms with Gasteiger partial charge < -0.3 is 4.74 Å². The Balaban J connectivity index is 1.75. The lowest BCUT2D eigenvalue weighted by Crippen LogP contribution is -2.47. The molecule has 0 unspecified atom stereocenters. The average molecular weight is 374 g/mol. The number of benzene rings is 1. The van der Waals surface area contributed by atoms with E-state index in [1.807, 2.05) is 31.4 Å². The normalized spacial score (nSPS) is 11.5. The number of hydrazine groups is 1. The fourth-order valence-corrected chi connectivity index (χ4v) is 2.87. The highest BCUT2D eigenvalue weighted by atomic mass is 32.1. The van der Waals surface area contributed by atoms with Crippen molar-refractivity contribution >= 4 is 28.9 Å². The number of amides is 2. The summed E-state index contributed by atoms with van der Waals surface area (Å²) in [6.07, 6.45) is -0.677. The van der Waals surface area contributed by atoms with Crippen molar-refractivity contribution in [1.82, 2.24) is 10.9 Å². The number of Topliss-reactive ketones (excluding diaryl/α,β-unsaturated/α-hetero) is 1. The van der Waals surface area contributed by atoms with Crippen LogP contribution in [-0.2, 0) is 9.59 Å². The van der Waals surface area contributed by atoms with Crippen molar-refractivity contribution in [3.8, 4) is 5.75 Å². The van der Waals surface area contributed by atoms with Crippen LogP contribution in [0.4, 0.5) is 0 Å². The van der Waals surface area contributed by atoms with E-state index in [9.17, 15) is 14.4 Å². The number of nitrogens with one attached hydrogen (secondary N) is 2. The van der Waals surface area contributed by atoms with E-state index in [-0.39, 0.29) is 18.6 Å².